The molecule has 0 aliphatic heterocycles. The van der Waals surface area contributed by atoms with Gasteiger partial charge in [0.25, 0.3) is 15.9 Å². The van der Waals surface area contributed by atoms with Crippen LogP contribution in [-0.2, 0) is 15.4 Å². The molecule has 0 atom stereocenters. The molecule has 0 radical (unpaired) electrons. The zero-order valence-corrected chi connectivity index (χ0v) is 21.0. The number of anilines is 1. The number of benzene rings is 2. The summed E-state index contributed by atoms with van der Waals surface area (Å²) in [4.78, 5) is 17.2. The van der Waals surface area contributed by atoms with Gasteiger partial charge >= 0.3 is 0 Å². The van der Waals surface area contributed by atoms with Crippen molar-refractivity contribution in [2.24, 2.45) is 0 Å². The van der Waals surface area contributed by atoms with Gasteiger partial charge in [0, 0.05) is 5.39 Å². The highest BCUT2D eigenvalue weighted by Crippen LogP contribution is 2.31. The van der Waals surface area contributed by atoms with Gasteiger partial charge in [-0.05, 0) is 54.3 Å². The molecule has 1 amide bonds. The lowest BCUT2D eigenvalue weighted by Gasteiger charge is -2.21. The minimum absolute atomic E-state index is 0.0414. The monoisotopic (exact) mass is 493 g/mol. The molecular weight excluding hydrogens is 466 g/mol. The molecule has 0 fully saturated rings. The Labute approximate surface area is 204 Å². The number of ether oxygens (including phenoxy) is 1. The van der Waals surface area contributed by atoms with Crippen molar-refractivity contribution >= 4 is 32.5 Å². The first-order valence-corrected chi connectivity index (χ1v) is 12.4. The van der Waals surface area contributed by atoms with Crippen molar-refractivity contribution in [3.8, 4) is 11.4 Å². The van der Waals surface area contributed by atoms with Crippen molar-refractivity contribution in [3.63, 3.8) is 0 Å². The van der Waals surface area contributed by atoms with Gasteiger partial charge in [0.05, 0.1) is 35.9 Å². The number of hydrogen-bond acceptors (Lipinski definition) is 7. The Balaban J connectivity index is 1.69. The number of methoxy groups -OCH3 is 1. The molecule has 0 saturated heterocycles. The van der Waals surface area contributed by atoms with Crippen LogP contribution in [0.25, 0.3) is 16.6 Å². The zero-order chi connectivity index (χ0) is 25.5. The summed E-state index contributed by atoms with van der Waals surface area (Å²) in [5.41, 5.74) is 8.87. The maximum atomic E-state index is 13.1. The summed E-state index contributed by atoms with van der Waals surface area (Å²) in [6.07, 6.45) is 1.70. The second kappa shape index (κ2) is 8.70. The van der Waals surface area contributed by atoms with Crippen molar-refractivity contribution < 1.29 is 17.9 Å². The van der Waals surface area contributed by atoms with Gasteiger partial charge in [-0.2, -0.15) is 5.10 Å². The number of aromatic nitrogens is 3. The molecule has 2 aromatic carbocycles. The number of pyridine rings is 1. The van der Waals surface area contributed by atoms with Crippen LogP contribution in [0.15, 0.2) is 59.6 Å². The summed E-state index contributed by atoms with van der Waals surface area (Å²) in [6, 6.07) is 13.4. The summed E-state index contributed by atoms with van der Waals surface area (Å²) < 4.78 is 35.3. The smallest absolute Gasteiger partial charge is 0.283 e. The number of rotatable bonds is 5. The lowest BCUT2D eigenvalue weighted by atomic mass is 9.87. The predicted molar refractivity (Wildman–Crippen MR) is 134 cm³/mol. The zero-order valence-electron chi connectivity index (χ0n) is 20.2. The largest absolute Gasteiger partial charge is 0.495 e. The fourth-order valence-corrected chi connectivity index (χ4v) is 4.80. The van der Waals surface area contributed by atoms with E-state index in [1.54, 1.807) is 41.2 Å². The lowest BCUT2D eigenvalue weighted by Crippen LogP contribution is -2.31. The van der Waals surface area contributed by atoms with Crippen molar-refractivity contribution in [2.75, 3.05) is 12.8 Å². The van der Waals surface area contributed by atoms with E-state index in [9.17, 15) is 13.2 Å². The van der Waals surface area contributed by atoms with Gasteiger partial charge in [0.1, 0.15) is 16.3 Å². The minimum Gasteiger partial charge on any atom is -0.495 e. The number of nitrogens with two attached hydrogens (primary N) is 1. The summed E-state index contributed by atoms with van der Waals surface area (Å²) in [7, 11) is -2.85. The highest BCUT2D eigenvalue weighted by molar-refractivity contribution is 7.90. The summed E-state index contributed by atoms with van der Waals surface area (Å²) in [5, 5.41) is 5.13. The van der Waals surface area contributed by atoms with E-state index < -0.39 is 15.9 Å². The number of nitrogens with one attached hydrogen (secondary N) is 1. The molecule has 0 spiro atoms. The third-order valence-corrected chi connectivity index (χ3v) is 7.02. The number of nitrogen functional groups attached to an aromatic ring is 1. The first-order valence-electron chi connectivity index (χ1n) is 10.9. The van der Waals surface area contributed by atoms with E-state index in [4.69, 9.17) is 10.5 Å². The first-order chi connectivity index (χ1) is 16.4. The molecule has 182 valence electrons. The number of fused-ring (bicyclic) bond motifs is 1. The van der Waals surface area contributed by atoms with Crippen LogP contribution in [0.1, 0.15) is 42.5 Å². The third-order valence-electron chi connectivity index (χ3n) is 5.67. The number of aryl methyl sites for hydroxylation is 1. The molecular formula is C25H27N5O4S. The molecule has 2 heterocycles. The molecule has 2 aromatic heterocycles. The number of carbonyl (C=O) groups is 1. The molecule has 35 heavy (non-hydrogen) atoms. The third kappa shape index (κ3) is 4.69. The SMILES string of the molecule is COc1ccc(C(C)(C)C)cc1S(=O)(=O)NC(=O)c1ccc2c(-n3cc(N)c(C)n3)cccc2n1. The Morgan fingerprint density at radius 1 is 1.11 bits per heavy atom. The Kier molecular flexibility index (Phi) is 6.02. The van der Waals surface area contributed by atoms with Crippen LogP contribution in [0.4, 0.5) is 5.69 Å². The quantitative estimate of drug-likeness (QED) is 0.433. The van der Waals surface area contributed by atoms with Crippen molar-refractivity contribution in [3.05, 3.63) is 71.7 Å². The molecule has 10 heteroatoms. The molecule has 9 nitrogen and oxygen atoms in total. The van der Waals surface area contributed by atoms with Gasteiger partial charge in [-0.1, -0.05) is 32.9 Å². The maximum Gasteiger partial charge on any atom is 0.283 e. The summed E-state index contributed by atoms with van der Waals surface area (Å²) >= 11 is 0. The summed E-state index contributed by atoms with van der Waals surface area (Å²) in [6.45, 7) is 7.71. The number of carbonyl (C=O) groups excluding carboxylic acids is 1. The van der Waals surface area contributed by atoms with Crippen LogP contribution < -0.4 is 15.2 Å². The van der Waals surface area contributed by atoms with Crippen LogP contribution in [-0.4, -0.2) is 36.2 Å². The van der Waals surface area contributed by atoms with E-state index >= 15 is 0 Å². The molecule has 0 aliphatic carbocycles. The fourth-order valence-electron chi connectivity index (χ4n) is 3.64. The average molecular weight is 494 g/mol. The standard InChI is InChI=1S/C25H27N5O4S/c1-15-18(26)14-30(28-15)21-8-6-7-19-17(21)10-11-20(27-19)24(31)29-35(32,33)23-13-16(25(2,3)4)9-12-22(23)34-5/h6-14H,26H2,1-5H3,(H,29,31). The Bertz CT molecular complexity index is 1530. The van der Waals surface area contributed by atoms with E-state index in [1.165, 1.54) is 19.2 Å². The normalized spacial score (nSPS) is 12.0. The van der Waals surface area contributed by atoms with Gasteiger partial charge in [-0.25, -0.2) is 22.8 Å². The van der Waals surface area contributed by atoms with Crippen LogP contribution in [0.5, 0.6) is 5.75 Å². The van der Waals surface area contributed by atoms with E-state index in [1.807, 2.05) is 33.8 Å². The highest BCUT2D eigenvalue weighted by Gasteiger charge is 2.26. The van der Waals surface area contributed by atoms with Crippen LogP contribution >= 0.6 is 0 Å². The molecule has 4 aromatic rings. The van der Waals surface area contributed by atoms with Crippen molar-refractivity contribution in [1.82, 2.24) is 19.5 Å². The molecule has 0 saturated carbocycles. The van der Waals surface area contributed by atoms with Gasteiger partial charge in [0.2, 0.25) is 0 Å². The molecule has 0 bridgehead atoms. The van der Waals surface area contributed by atoms with E-state index in [2.05, 4.69) is 14.8 Å². The van der Waals surface area contributed by atoms with Crippen molar-refractivity contribution in [2.45, 2.75) is 38.0 Å². The second-order valence-electron chi connectivity index (χ2n) is 9.20. The van der Waals surface area contributed by atoms with E-state index in [-0.39, 0.29) is 21.8 Å². The second-order valence-corrected chi connectivity index (χ2v) is 10.9. The number of nitrogens with zero attached hydrogens (tertiary/aromatic N) is 3. The Morgan fingerprint density at radius 3 is 2.49 bits per heavy atom. The van der Waals surface area contributed by atoms with Crippen LogP contribution in [0, 0.1) is 6.92 Å². The van der Waals surface area contributed by atoms with E-state index in [0.717, 1.165) is 16.6 Å². The van der Waals surface area contributed by atoms with Crippen LogP contribution in [0.3, 0.4) is 0 Å². The fraction of sp³-hybridized carbons (Fsp3) is 0.240. The Hall–Kier alpha value is -3.92. The van der Waals surface area contributed by atoms with Crippen molar-refractivity contribution in [1.29, 1.82) is 0 Å². The Morgan fingerprint density at radius 2 is 1.86 bits per heavy atom. The average Bonchev–Trinajstić information content (AvgIpc) is 3.14. The number of amides is 1. The van der Waals surface area contributed by atoms with Gasteiger partial charge in [-0.15, -0.1) is 0 Å². The topological polar surface area (TPSA) is 129 Å². The predicted octanol–water partition coefficient (Wildman–Crippen LogP) is 3.74. The van der Waals surface area contributed by atoms with Gasteiger partial charge in [0.15, 0.2) is 0 Å². The first kappa shape index (κ1) is 24.2. The number of hydrogen-bond donors (Lipinski definition) is 2. The van der Waals surface area contributed by atoms with E-state index in [0.29, 0.717) is 16.9 Å². The van der Waals surface area contributed by atoms with Crippen LogP contribution in [0.2, 0.25) is 0 Å². The summed E-state index contributed by atoms with van der Waals surface area (Å²) in [5.74, 6) is -0.706. The van der Waals surface area contributed by atoms with Gasteiger partial charge in [-0.3, -0.25) is 4.79 Å². The molecule has 4 rings (SSSR count). The lowest BCUT2D eigenvalue weighted by molar-refractivity contribution is 0.0977. The minimum atomic E-state index is -4.23. The highest BCUT2D eigenvalue weighted by atomic mass is 32.2. The maximum absolute atomic E-state index is 13.1. The van der Waals surface area contributed by atoms with Gasteiger partial charge < -0.3 is 10.5 Å². The molecule has 0 aliphatic rings. The molecule has 0 unspecified atom stereocenters. The number of sulfonamides is 1. The molecule has 3 N–H and O–H groups in total.